The summed E-state index contributed by atoms with van der Waals surface area (Å²) in [5.41, 5.74) is 0. The average Bonchev–Trinajstić information content (AvgIpc) is 1.41. The predicted molar refractivity (Wildman–Crippen MR) is 39.4 cm³/mol. The Bertz CT molecular complexity index is 16.3. The molecule has 0 saturated carbocycles. The molecule has 6 heavy (non-hydrogen) atoms. The molecule has 0 unspecified atom stereocenters. The van der Waals surface area contributed by atoms with Crippen molar-refractivity contribution in [2.75, 3.05) is 0 Å². The first kappa shape index (κ1) is 10.2. The third kappa shape index (κ3) is 8.95. The van der Waals surface area contributed by atoms with Gasteiger partial charge in [-0.05, 0) is 11.0 Å². The van der Waals surface area contributed by atoms with Crippen molar-refractivity contribution in [2.45, 2.75) is 0 Å². The van der Waals surface area contributed by atoms with Gasteiger partial charge in [0.05, 0.1) is 22.1 Å². The fraction of sp³-hybridized carbons (Fsp3) is 0. The fourth-order valence-corrected chi connectivity index (χ4v) is 0.367. The highest BCUT2D eigenvalue weighted by molar-refractivity contribution is 9.07. The molecule has 0 aromatic carbocycles. The molecule has 0 fully saturated rings. The zero-order valence-electron chi connectivity index (χ0n) is 2.12. The van der Waals surface area contributed by atoms with Gasteiger partial charge in [-0.1, -0.05) is 0 Å². The maximum absolute atomic E-state index is 7.77. The van der Waals surface area contributed by atoms with Crippen LogP contribution in [0.25, 0.3) is 0 Å². The summed E-state index contributed by atoms with van der Waals surface area (Å²) in [6, 6.07) is 0. The smallest absolute Gasteiger partial charge is 0.0734 e. The Morgan fingerprint density at radius 2 is 1.33 bits per heavy atom. The van der Waals surface area contributed by atoms with Crippen molar-refractivity contribution in [1.29, 1.82) is 0 Å². The van der Waals surface area contributed by atoms with E-state index in [9.17, 15) is 0 Å². The van der Waals surface area contributed by atoms with Gasteiger partial charge in [0.1, 0.15) is 0 Å². The van der Waals surface area contributed by atoms with Gasteiger partial charge in [-0.25, -0.2) is 0 Å². The largest absolute Gasteiger partial charge is 0.320 e. The monoisotopic (exact) mass is 162 g/mol. The van der Waals surface area contributed by atoms with Crippen molar-refractivity contribution in [2.24, 2.45) is 0 Å². The van der Waals surface area contributed by atoms with E-state index >= 15 is 0 Å². The van der Waals surface area contributed by atoms with Crippen LogP contribution < -0.4 is 0 Å². The van der Waals surface area contributed by atoms with E-state index in [1.54, 1.807) is 0 Å². The Hall–Kier alpha value is 1.19. The van der Waals surface area contributed by atoms with Gasteiger partial charge in [0.2, 0.25) is 0 Å². The van der Waals surface area contributed by atoms with Gasteiger partial charge in [0, 0.05) is 9.83 Å². The minimum Gasteiger partial charge on any atom is -0.320 e. The topological polar surface area (TPSA) is 40.5 Å². The third-order valence-electron chi connectivity index (χ3n) is 0.0609. The molecule has 0 aliphatic carbocycles. The highest BCUT2D eigenvalue weighted by Gasteiger charge is 1.74. The average molecular weight is 162 g/mol. The van der Waals surface area contributed by atoms with Crippen LogP contribution in [0.5, 0.6) is 0 Å². The quantitative estimate of drug-likeness (QED) is 0.352. The summed E-state index contributed by atoms with van der Waals surface area (Å²) in [6.45, 7) is 0. The lowest BCUT2D eigenvalue weighted by Crippen LogP contribution is -1.33. The molecule has 0 rings (SSSR count). The zero-order valence-corrected chi connectivity index (χ0v) is 4.57. The highest BCUT2D eigenvalue weighted by atomic mass is 33.5. The van der Waals surface area contributed by atoms with Gasteiger partial charge in [-0.3, -0.25) is 0 Å². The summed E-state index contributed by atoms with van der Waals surface area (Å²) in [4.78, 5) is 0. The summed E-state index contributed by atoms with van der Waals surface area (Å²) in [6.07, 6.45) is 0. The molecule has 0 aromatic rings. The van der Waals surface area contributed by atoms with Crippen LogP contribution in [0, 0.1) is 0 Å². The SMILES string of the molecule is OSSSO.[SiH4]. The number of rotatable bonds is 2. The Morgan fingerprint density at radius 3 is 1.33 bits per heavy atom. The first-order valence-electron chi connectivity index (χ1n) is 0.698. The maximum Gasteiger partial charge on any atom is 0.0734 e. The van der Waals surface area contributed by atoms with Crippen LogP contribution in [0.15, 0.2) is 0 Å². The van der Waals surface area contributed by atoms with E-state index in [0.717, 1.165) is 9.83 Å². The Labute approximate surface area is 52.3 Å². The molecule has 0 radical (unpaired) electrons. The molecule has 0 heterocycles. The minimum absolute atomic E-state index is 0. The molecule has 6 heteroatoms. The maximum atomic E-state index is 7.77. The Balaban J connectivity index is 0. The predicted octanol–water partition coefficient (Wildman–Crippen LogP) is 0.510. The van der Waals surface area contributed by atoms with Crippen molar-refractivity contribution in [3.63, 3.8) is 0 Å². The van der Waals surface area contributed by atoms with E-state index in [4.69, 9.17) is 9.11 Å². The highest BCUT2D eigenvalue weighted by Crippen LogP contribution is 2.27. The van der Waals surface area contributed by atoms with Crippen molar-refractivity contribution < 1.29 is 9.11 Å². The van der Waals surface area contributed by atoms with E-state index in [1.807, 2.05) is 0 Å². The molecule has 2 N–H and O–H groups in total. The standard InChI is InChI=1S/H2O2S3.H4Si/c1-3-5-4-2;/h1-2H;1H4. The molecule has 40 valence electrons. The van der Waals surface area contributed by atoms with Crippen LogP contribution in [0.3, 0.4) is 0 Å². The van der Waals surface area contributed by atoms with Crippen LogP contribution in [0.1, 0.15) is 0 Å². The second kappa shape index (κ2) is 9.50. The lowest BCUT2D eigenvalue weighted by molar-refractivity contribution is 0.674. The van der Waals surface area contributed by atoms with Gasteiger partial charge in [0.25, 0.3) is 0 Å². The third-order valence-corrected chi connectivity index (χ3v) is 1.64. The van der Waals surface area contributed by atoms with Crippen LogP contribution in [0.4, 0.5) is 0 Å². The van der Waals surface area contributed by atoms with Crippen LogP contribution in [-0.2, 0) is 0 Å². The molecular weight excluding hydrogens is 156 g/mol. The molecule has 0 aliphatic rings. The molecule has 0 spiro atoms. The van der Waals surface area contributed by atoms with Crippen molar-refractivity contribution in [3.05, 3.63) is 0 Å². The first-order valence-corrected chi connectivity index (χ1v) is 4.10. The molecular formula is H6O2S3Si. The molecule has 2 nitrogen and oxygen atoms in total. The van der Waals surface area contributed by atoms with E-state index in [0.29, 0.717) is 22.1 Å². The number of hydrogen-bond donors (Lipinski definition) is 2. The first-order chi connectivity index (χ1) is 2.41. The molecule has 0 bridgehead atoms. The van der Waals surface area contributed by atoms with Crippen molar-refractivity contribution in [1.82, 2.24) is 0 Å². The van der Waals surface area contributed by atoms with Crippen LogP contribution >= 0.6 is 32.0 Å². The molecule has 0 amide bonds. The summed E-state index contributed by atoms with van der Waals surface area (Å²) >= 11 is 1.06. The van der Waals surface area contributed by atoms with Crippen LogP contribution in [0.2, 0.25) is 0 Å². The Morgan fingerprint density at radius 1 is 1.00 bits per heavy atom. The van der Waals surface area contributed by atoms with Crippen molar-refractivity contribution >= 4 is 42.9 Å². The van der Waals surface area contributed by atoms with Gasteiger partial charge >= 0.3 is 0 Å². The van der Waals surface area contributed by atoms with E-state index < -0.39 is 0 Å². The summed E-state index contributed by atoms with van der Waals surface area (Å²) in [5, 5.41) is 0. The molecule has 0 aliphatic heterocycles. The van der Waals surface area contributed by atoms with Gasteiger partial charge in [0.15, 0.2) is 0 Å². The zero-order chi connectivity index (χ0) is 4.12. The Kier molecular flexibility index (Phi) is 16.2. The number of hydrogen-bond acceptors (Lipinski definition) is 5. The normalized spacial score (nSPS) is 7.00. The van der Waals surface area contributed by atoms with Gasteiger partial charge in [-0.2, -0.15) is 0 Å². The van der Waals surface area contributed by atoms with Gasteiger partial charge < -0.3 is 9.11 Å². The lowest BCUT2D eigenvalue weighted by atomic mass is 15.9. The van der Waals surface area contributed by atoms with Crippen LogP contribution in [-0.4, -0.2) is 20.1 Å². The second-order valence-electron chi connectivity index (χ2n) is 0.217. The minimum atomic E-state index is 0. The molecule has 0 aromatic heterocycles. The fourth-order valence-electron chi connectivity index (χ4n) is 0.0136. The summed E-state index contributed by atoms with van der Waals surface area (Å²) < 4.78 is 15.5. The van der Waals surface area contributed by atoms with E-state index in [2.05, 4.69) is 0 Å². The lowest BCUT2D eigenvalue weighted by Gasteiger charge is -1.75. The summed E-state index contributed by atoms with van der Waals surface area (Å²) in [7, 11) is 0.907. The van der Waals surface area contributed by atoms with Crippen molar-refractivity contribution in [3.8, 4) is 0 Å². The van der Waals surface area contributed by atoms with E-state index in [1.165, 1.54) is 0 Å². The van der Waals surface area contributed by atoms with E-state index in [-0.39, 0.29) is 11.0 Å². The second-order valence-corrected chi connectivity index (χ2v) is 3.18. The summed E-state index contributed by atoms with van der Waals surface area (Å²) in [5.74, 6) is 0. The van der Waals surface area contributed by atoms with Gasteiger partial charge in [-0.15, -0.1) is 0 Å². The molecule has 0 atom stereocenters. The molecule has 0 saturated heterocycles.